The summed E-state index contributed by atoms with van der Waals surface area (Å²) < 4.78 is 7.54. The lowest BCUT2D eigenvalue weighted by molar-refractivity contribution is -0.131. The Morgan fingerprint density at radius 3 is 2.85 bits per heavy atom. The van der Waals surface area contributed by atoms with E-state index in [2.05, 4.69) is 20.0 Å². The Bertz CT molecular complexity index is 931. The van der Waals surface area contributed by atoms with Gasteiger partial charge in [-0.15, -0.1) is 0 Å². The lowest BCUT2D eigenvalue weighted by atomic mass is 10.3. The smallest absolute Gasteiger partial charge is 0.300 e. The molecular formula is C18H22N6O2. The fraction of sp³-hybridized carbons (Fsp3) is 0.444. The molecule has 0 bridgehead atoms. The highest BCUT2D eigenvalue weighted by Crippen LogP contribution is 2.22. The Balaban J connectivity index is 1.43. The average Bonchev–Trinajstić information content (AvgIpc) is 3.12. The summed E-state index contributed by atoms with van der Waals surface area (Å²) in [7, 11) is 0. The number of aromatic nitrogens is 4. The van der Waals surface area contributed by atoms with E-state index in [1.807, 2.05) is 37.1 Å². The molecule has 0 spiro atoms. The predicted molar refractivity (Wildman–Crippen MR) is 96.9 cm³/mol. The van der Waals surface area contributed by atoms with Gasteiger partial charge in [-0.2, -0.15) is 10.1 Å². The van der Waals surface area contributed by atoms with Crippen molar-refractivity contribution in [2.45, 2.75) is 26.8 Å². The number of carbonyl (C=O) groups is 1. The van der Waals surface area contributed by atoms with Crippen molar-refractivity contribution in [1.82, 2.24) is 24.6 Å². The van der Waals surface area contributed by atoms with Crippen molar-refractivity contribution in [3.63, 3.8) is 0 Å². The van der Waals surface area contributed by atoms with Crippen LogP contribution in [0.15, 0.2) is 28.9 Å². The topological polar surface area (TPSA) is 80.3 Å². The monoisotopic (exact) mass is 354 g/mol. The third-order valence-electron chi connectivity index (χ3n) is 4.56. The molecule has 8 nitrogen and oxygen atoms in total. The number of nitrogens with zero attached hydrogens (tertiary/aromatic N) is 6. The molecule has 1 fully saturated rings. The zero-order valence-corrected chi connectivity index (χ0v) is 15.1. The molecule has 0 saturated carbocycles. The van der Waals surface area contributed by atoms with Gasteiger partial charge in [-0.3, -0.25) is 9.48 Å². The Morgan fingerprint density at radius 2 is 2.04 bits per heavy atom. The van der Waals surface area contributed by atoms with Crippen molar-refractivity contribution in [2.24, 2.45) is 0 Å². The lowest BCUT2D eigenvalue weighted by Crippen LogP contribution is -2.37. The zero-order valence-electron chi connectivity index (χ0n) is 15.1. The van der Waals surface area contributed by atoms with Crippen LogP contribution in [0.5, 0.6) is 0 Å². The molecule has 0 unspecified atom stereocenters. The molecule has 4 rings (SSSR count). The molecule has 136 valence electrons. The molecule has 8 heteroatoms. The number of oxazole rings is 1. The van der Waals surface area contributed by atoms with Gasteiger partial charge in [0.05, 0.1) is 6.20 Å². The van der Waals surface area contributed by atoms with Crippen molar-refractivity contribution >= 4 is 23.2 Å². The first kappa shape index (κ1) is 16.6. The molecule has 0 aliphatic carbocycles. The number of hydrogen-bond donors (Lipinski definition) is 0. The standard InChI is InChI=1S/C18H22N6O2/c1-13-10-19-24(11-13)12-16(25)22-6-3-7-23(9-8-22)18-21-17-15(26-18)5-4-14(2)20-17/h4-5,10-11H,3,6-9,12H2,1-2H3. The van der Waals surface area contributed by atoms with E-state index in [-0.39, 0.29) is 12.5 Å². The minimum atomic E-state index is 0.0878. The number of amides is 1. The molecular weight excluding hydrogens is 332 g/mol. The van der Waals surface area contributed by atoms with Gasteiger partial charge >= 0.3 is 0 Å². The van der Waals surface area contributed by atoms with Gasteiger partial charge in [-0.05, 0) is 38.0 Å². The first-order chi connectivity index (χ1) is 12.6. The predicted octanol–water partition coefficient (Wildman–Crippen LogP) is 1.78. The molecule has 0 radical (unpaired) electrons. The van der Waals surface area contributed by atoms with Crippen LogP contribution in [0, 0.1) is 13.8 Å². The molecule has 26 heavy (non-hydrogen) atoms. The molecule has 0 aromatic carbocycles. The minimum absolute atomic E-state index is 0.0878. The van der Waals surface area contributed by atoms with Gasteiger partial charge in [0.2, 0.25) is 11.6 Å². The molecule has 1 amide bonds. The van der Waals surface area contributed by atoms with Crippen LogP contribution in [0.2, 0.25) is 0 Å². The molecule has 1 saturated heterocycles. The zero-order chi connectivity index (χ0) is 18.1. The third-order valence-corrected chi connectivity index (χ3v) is 4.56. The number of pyridine rings is 1. The van der Waals surface area contributed by atoms with Gasteiger partial charge in [0.15, 0.2) is 5.58 Å². The highest BCUT2D eigenvalue weighted by atomic mass is 16.4. The molecule has 0 N–H and O–H groups in total. The van der Waals surface area contributed by atoms with Crippen molar-refractivity contribution in [1.29, 1.82) is 0 Å². The quantitative estimate of drug-likeness (QED) is 0.713. The van der Waals surface area contributed by atoms with Crippen molar-refractivity contribution in [3.8, 4) is 0 Å². The van der Waals surface area contributed by atoms with Gasteiger partial charge in [0.1, 0.15) is 6.54 Å². The van der Waals surface area contributed by atoms with Gasteiger partial charge in [0, 0.05) is 38.1 Å². The third kappa shape index (κ3) is 3.40. The second-order valence-corrected chi connectivity index (χ2v) is 6.71. The molecule has 1 aliphatic rings. The summed E-state index contributed by atoms with van der Waals surface area (Å²) in [5, 5.41) is 4.19. The maximum Gasteiger partial charge on any atom is 0.300 e. The second kappa shape index (κ2) is 6.78. The fourth-order valence-electron chi connectivity index (χ4n) is 3.19. The largest absolute Gasteiger partial charge is 0.422 e. The van der Waals surface area contributed by atoms with Crippen LogP contribution >= 0.6 is 0 Å². The van der Waals surface area contributed by atoms with Gasteiger partial charge in [0.25, 0.3) is 6.01 Å². The summed E-state index contributed by atoms with van der Waals surface area (Å²) in [4.78, 5) is 25.4. The molecule has 3 aromatic heterocycles. The number of carbonyl (C=O) groups excluding carboxylic acids is 1. The van der Waals surface area contributed by atoms with Crippen molar-refractivity contribution < 1.29 is 9.21 Å². The van der Waals surface area contributed by atoms with Crippen LogP contribution in [0.3, 0.4) is 0 Å². The van der Waals surface area contributed by atoms with E-state index in [0.29, 0.717) is 30.3 Å². The van der Waals surface area contributed by atoms with E-state index < -0.39 is 0 Å². The van der Waals surface area contributed by atoms with Crippen LogP contribution in [-0.4, -0.2) is 56.7 Å². The number of fused-ring (bicyclic) bond motifs is 1. The lowest BCUT2D eigenvalue weighted by Gasteiger charge is -2.21. The molecule has 1 aliphatic heterocycles. The molecule has 4 heterocycles. The van der Waals surface area contributed by atoms with Crippen molar-refractivity contribution in [2.75, 3.05) is 31.1 Å². The van der Waals surface area contributed by atoms with E-state index in [1.54, 1.807) is 10.9 Å². The van der Waals surface area contributed by atoms with Gasteiger partial charge in [-0.25, -0.2) is 4.98 Å². The second-order valence-electron chi connectivity index (χ2n) is 6.71. The van der Waals surface area contributed by atoms with Crippen LogP contribution < -0.4 is 4.90 Å². The Morgan fingerprint density at radius 1 is 1.15 bits per heavy atom. The summed E-state index contributed by atoms with van der Waals surface area (Å²) in [5.74, 6) is 0.0878. The Hall–Kier alpha value is -2.90. The van der Waals surface area contributed by atoms with Crippen LogP contribution in [0.25, 0.3) is 11.2 Å². The Kier molecular flexibility index (Phi) is 4.32. The number of anilines is 1. The number of aryl methyl sites for hydroxylation is 2. The maximum atomic E-state index is 12.5. The normalized spacial score (nSPS) is 15.5. The van der Waals surface area contributed by atoms with Gasteiger partial charge in [-0.1, -0.05) is 0 Å². The SMILES string of the molecule is Cc1cnn(CC(=O)N2CCCN(c3nc4nc(C)ccc4o3)CC2)c1. The number of hydrogen-bond acceptors (Lipinski definition) is 6. The van der Waals surface area contributed by atoms with E-state index in [0.717, 1.165) is 30.8 Å². The van der Waals surface area contributed by atoms with Crippen LogP contribution in [-0.2, 0) is 11.3 Å². The molecule has 3 aromatic rings. The minimum Gasteiger partial charge on any atom is -0.422 e. The summed E-state index contributed by atoms with van der Waals surface area (Å²) >= 11 is 0. The first-order valence-corrected chi connectivity index (χ1v) is 8.84. The highest BCUT2D eigenvalue weighted by Gasteiger charge is 2.22. The van der Waals surface area contributed by atoms with Crippen LogP contribution in [0.1, 0.15) is 17.7 Å². The summed E-state index contributed by atoms with van der Waals surface area (Å²) in [6, 6.07) is 4.39. The summed E-state index contributed by atoms with van der Waals surface area (Å²) in [6.07, 6.45) is 4.52. The fourth-order valence-corrected chi connectivity index (χ4v) is 3.19. The van der Waals surface area contributed by atoms with E-state index >= 15 is 0 Å². The average molecular weight is 354 g/mol. The van der Waals surface area contributed by atoms with Crippen LogP contribution in [0.4, 0.5) is 6.01 Å². The van der Waals surface area contributed by atoms with E-state index in [4.69, 9.17) is 4.42 Å². The maximum absolute atomic E-state index is 12.5. The van der Waals surface area contributed by atoms with E-state index in [9.17, 15) is 4.79 Å². The van der Waals surface area contributed by atoms with Gasteiger partial charge < -0.3 is 14.2 Å². The van der Waals surface area contributed by atoms with Crippen molar-refractivity contribution in [3.05, 3.63) is 35.8 Å². The highest BCUT2D eigenvalue weighted by molar-refractivity contribution is 5.76. The van der Waals surface area contributed by atoms with E-state index in [1.165, 1.54) is 0 Å². The summed E-state index contributed by atoms with van der Waals surface area (Å²) in [5.41, 5.74) is 3.29. The summed E-state index contributed by atoms with van der Waals surface area (Å²) in [6.45, 7) is 7.04. The molecule has 0 atom stereocenters. The first-order valence-electron chi connectivity index (χ1n) is 8.84. The number of rotatable bonds is 3. The Labute approximate surface area is 151 Å².